The first-order valence-electron chi connectivity index (χ1n) is 5.91. The first-order valence-corrected chi connectivity index (χ1v) is 6.29. The Kier molecular flexibility index (Phi) is 2.80. The molecule has 0 bridgehead atoms. The topological polar surface area (TPSA) is 26.0 Å². The van der Waals surface area contributed by atoms with Gasteiger partial charge < -0.3 is 4.42 Å². The van der Waals surface area contributed by atoms with Gasteiger partial charge in [-0.2, -0.15) is 0 Å². The Morgan fingerprint density at radius 2 is 2.06 bits per heavy atom. The molecule has 3 aromatic rings. The van der Waals surface area contributed by atoms with E-state index in [1.807, 2.05) is 30.3 Å². The minimum absolute atomic E-state index is 0.612. The van der Waals surface area contributed by atoms with Crippen molar-refractivity contribution in [3.63, 3.8) is 0 Å². The van der Waals surface area contributed by atoms with Crippen molar-refractivity contribution < 1.29 is 4.42 Å². The zero-order valence-electron chi connectivity index (χ0n) is 9.98. The third-order valence-electron chi connectivity index (χ3n) is 2.93. The SMILES string of the molecule is CCc1ccc2oc(-c3cccc(Cl)c3)nc2c1. The van der Waals surface area contributed by atoms with E-state index in [1.54, 1.807) is 0 Å². The third kappa shape index (κ3) is 2.00. The largest absolute Gasteiger partial charge is 0.436 e. The first-order chi connectivity index (χ1) is 8.76. The maximum atomic E-state index is 5.97. The normalized spacial score (nSPS) is 11.0. The average Bonchev–Trinajstić information content (AvgIpc) is 2.81. The second-order valence-corrected chi connectivity index (χ2v) is 4.62. The minimum Gasteiger partial charge on any atom is -0.436 e. The Morgan fingerprint density at radius 3 is 2.83 bits per heavy atom. The maximum absolute atomic E-state index is 5.97. The van der Waals surface area contributed by atoms with E-state index in [2.05, 4.69) is 24.0 Å². The predicted molar refractivity (Wildman–Crippen MR) is 73.8 cm³/mol. The van der Waals surface area contributed by atoms with Gasteiger partial charge in [0.15, 0.2) is 5.58 Å². The molecule has 90 valence electrons. The lowest BCUT2D eigenvalue weighted by Gasteiger charge is -1.94. The summed E-state index contributed by atoms with van der Waals surface area (Å²) in [6.07, 6.45) is 0.995. The van der Waals surface area contributed by atoms with E-state index < -0.39 is 0 Å². The summed E-state index contributed by atoms with van der Waals surface area (Å²) in [5.74, 6) is 0.612. The monoisotopic (exact) mass is 257 g/mol. The summed E-state index contributed by atoms with van der Waals surface area (Å²) in [4.78, 5) is 4.51. The van der Waals surface area contributed by atoms with E-state index in [0.717, 1.165) is 23.1 Å². The van der Waals surface area contributed by atoms with Gasteiger partial charge >= 0.3 is 0 Å². The van der Waals surface area contributed by atoms with Gasteiger partial charge in [0, 0.05) is 10.6 Å². The smallest absolute Gasteiger partial charge is 0.227 e. The zero-order valence-corrected chi connectivity index (χ0v) is 10.7. The van der Waals surface area contributed by atoms with Crippen molar-refractivity contribution >= 4 is 22.7 Å². The van der Waals surface area contributed by atoms with Crippen LogP contribution in [0.15, 0.2) is 46.9 Å². The summed E-state index contributed by atoms with van der Waals surface area (Å²) >= 11 is 5.97. The maximum Gasteiger partial charge on any atom is 0.227 e. The van der Waals surface area contributed by atoms with Gasteiger partial charge in [0.2, 0.25) is 5.89 Å². The molecule has 0 aliphatic heterocycles. The van der Waals surface area contributed by atoms with Crippen molar-refractivity contribution in [1.29, 1.82) is 0 Å². The number of rotatable bonds is 2. The molecule has 0 atom stereocenters. The van der Waals surface area contributed by atoms with Crippen molar-refractivity contribution in [2.45, 2.75) is 13.3 Å². The lowest BCUT2D eigenvalue weighted by Crippen LogP contribution is -1.79. The molecule has 0 saturated carbocycles. The van der Waals surface area contributed by atoms with Crippen molar-refractivity contribution in [2.75, 3.05) is 0 Å². The van der Waals surface area contributed by atoms with E-state index in [0.29, 0.717) is 10.9 Å². The number of benzene rings is 2. The van der Waals surface area contributed by atoms with Crippen LogP contribution >= 0.6 is 11.6 Å². The fraction of sp³-hybridized carbons (Fsp3) is 0.133. The molecule has 2 nitrogen and oxygen atoms in total. The Hall–Kier alpha value is -1.80. The van der Waals surface area contributed by atoms with Gasteiger partial charge in [-0.15, -0.1) is 0 Å². The zero-order chi connectivity index (χ0) is 12.5. The number of halogens is 1. The van der Waals surface area contributed by atoms with Gasteiger partial charge in [-0.25, -0.2) is 4.98 Å². The molecule has 18 heavy (non-hydrogen) atoms. The van der Waals surface area contributed by atoms with Crippen LogP contribution in [0.2, 0.25) is 5.02 Å². The Bertz CT molecular complexity index is 703. The molecule has 3 heteroatoms. The summed E-state index contributed by atoms with van der Waals surface area (Å²) < 4.78 is 5.74. The van der Waals surface area contributed by atoms with Crippen LogP contribution in [0.25, 0.3) is 22.6 Å². The molecular weight excluding hydrogens is 246 g/mol. The van der Waals surface area contributed by atoms with E-state index in [4.69, 9.17) is 16.0 Å². The second-order valence-electron chi connectivity index (χ2n) is 4.18. The number of hydrogen-bond donors (Lipinski definition) is 0. The number of hydrogen-bond acceptors (Lipinski definition) is 2. The number of fused-ring (bicyclic) bond motifs is 1. The highest BCUT2D eigenvalue weighted by atomic mass is 35.5. The molecule has 0 unspecified atom stereocenters. The molecule has 0 N–H and O–H groups in total. The quantitative estimate of drug-likeness (QED) is 0.664. The third-order valence-corrected chi connectivity index (χ3v) is 3.17. The highest BCUT2D eigenvalue weighted by molar-refractivity contribution is 6.30. The number of aromatic nitrogens is 1. The lowest BCUT2D eigenvalue weighted by atomic mass is 10.1. The van der Waals surface area contributed by atoms with Crippen molar-refractivity contribution in [1.82, 2.24) is 4.98 Å². The molecule has 0 aliphatic carbocycles. The van der Waals surface area contributed by atoms with Crippen LogP contribution in [0.1, 0.15) is 12.5 Å². The number of oxazole rings is 1. The van der Waals surface area contributed by atoms with Gasteiger partial charge in [-0.3, -0.25) is 0 Å². The van der Waals surface area contributed by atoms with Crippen LogP contribution in [0.4, 0.5) is 0 Å². The lowest BCUT2D eigenvalue weighted by molar-refractivity contribution is 0.620. The van der Waals surface area contributed by atoms with E-state index in [-0.39, 0.29) is 0 Å². The number of nitrogens with zero attached hydrogens (tertiary/aromatic N) is 1. The van der Waals surface area contributed by atoms with Crippen molar-refractivity contribution in [3.05, 3.63) is 53.1 Å². The molecule has 3 rings (SSSR count). The van der Waals surface area contributed by atoms with Crippen LogP contribution in [-0.2, 0) is 6.42 Å². The van der Waals surface area contributed by atoms with Gasteiger partial charge in [0.1, 0.15) is 5.52 Å². The first kappa shape index (κ1) is 11.3. The van der Waals surface area contributed by atoms with Crippen molar-refractivity contribution in [2.24, 2.45) is 0 Å². The fourth-order valence-electron chi connectivity index (χ4n) is 1.94. The summed E-state index contributed by atoms with van der Waals surface area (Å²) in [6, 6.07) is 13.6. The predicted octanol–water partition coefficient (Wildman–Crippen LogP) is 4.71. The van der Waals surface area contributed by atoms with Gasteiger partial charge in [-0.05, 0) is 42.3 Å². The molecule has 2 aromatic carbocycles. The van der Waals surface area contributed by atoms with E-state index >= 15 is 0 Å². The second kappa shape index (κ2) is 4.46. The van der Waals surface area contributed by atoms with E-state index in [1.165, 1.54) is 5.56 Å². The molecule has 0 spiro atoms. The average molecular weight is 258 g/mol. The van der Waals surface area contributed by atoms with Crippen LogP contribution in [-0.4, -0.2) is 4.98 Å². The summed E-state index contributed by atoms with van der Waals surface area (Å²) in [5, 5.41) is 0.684. The van der Waals surface area contributed by atoms with Crippen LogP contribution in [0, 0.1) is 0 Å². The molecule has 0 aliphatic rings. The Labute approximate surface area is 110 Å². The van der Waals surface area contributed by atoms with Gasteiger partial charge in [0.05, 0.1) is 0 Å². The molecule has 1 aromatic heterocycles. The van der Waals surface area contributed by atoms with Crippen molar-refractivity contribution in [3.8, 4) is 11.5 Å². The molecule has 1 heterocycles. The van der Waals surface area contributed by atoms with Gasteiger partial charge in [0.25, 0.3) is 0 Å². The standard InChI is InChI=1S/C15H12ClNO/c1-2-10-6-7-14-13(8-10)17-15(18-14)11-4-3-5-12(16)9-11/h3-9H,2H2,1H3. The molecular formula is C15H12ClNO. The molecule has 0 fully saturated rings. The molecule has 0 amide bonds. The van der Waals surface area contributed by atoms with Crippen LogP contribution in [0.3, 0.4) is 0 Å². The van der Waals surface area contributed by atoms with E-state index in [9.17, 15) is 0 Å². The number of aryl methyl sites for hydroxylation is 1. The van der Waals surface area contributed by atoms with Crippen LogP contribution in [0.5, 0.6) is 0 Å². The van der Waals surface area contributed by atoms with Crippen LogP contribution < -0.4 is 0 Å². The summed E-state index contributed by atoms with van der Waals surface area (Å²) in [6.45, 7) is 2.12. The molecule has 0 radical (unpaired) electrons. The minimum atomic E-state index is 0.612. The Balaban J connectivity index is 2.13. The highest BCUT2D eigenvalue weighted by Gasteiger charge is 2.08. The fourth-order valence-corrected chi connectivity index (χ4v) is 2.13. The highest BCUT2D eigenvalue weighted by Crippen LogP contribution is 2.26. The summed E-state index contributed by atoms with van der Waals surface area (Å²) in [7, 11) is 0. The molecule has 0 saturated heterocycles. The summed E-state index contributed by atoms with van der Waals surface area (Å²) in [5.41, 5.74) is 3.86. The van der Waals surface area contributed by atoms with Gasteiger partial charge in [-0.1, -0.05) is 30.7 Å². The Morgan fingerprint density at radius 1 is 1.17 bits per heavy atom.